The lowest BCUT2D eigenvalue weighted by atomic mass is 10.1. The van der Waals surface area contributed by atoms with E-state index < -0.39 is 0 Å². The van der Waals surface area contributed by atoms with E-state index in [9.17, 15) is 0 Å². The predicted octanol–water partition coefficient (Wildman–Crippen LogP) is 3.28. The standard InChI is InChI=1S/C12H16ClNS/c1-15-7-6-14-12-5-2-9-8-10(13)3-4-11(9)12/h3-4,8,12,14H,2,5-7H2,1H3. The summed E-state index contributed by atoms with van der Waals surface area (Å²) in [5, 5.41) is 4.45. The fraction of sp³-hybridized carbons (Fsp3) is 0.500. The molecule has 1 aromatic rings. The van der Waals surface area contributed by atoms with Gasteiger partial charge in [0.05, 0.1) is 0 Å². The van der Waals surface area contributed by atoms with E-state index in [4.69, 9.17) is 11.6 Å². The molecule has 0 amide bonds. The second kappa shape index (κ2) is 5.24. The van der Waals surface area contributed by atoms with Crippen molar-refractivity contribution in [2.24, 2.45) is 0 Å². The number of hydrogen-bond acceptors (Lipinski definition) is 2. The van der Waals surface area contributed by atoms with Gasteiger partial charge >= 0.3 is 0 Å². The number of benzene rings is 1. The van der Waals surface area contributed by atoms with Crippen LogP contribution in [0.1, 0.15) is 23.6 Å². The van der Waals surface area contributed by atoms with E-state index in [-0.39, 0.29) is 0 Å². The first-order valence-corrected chi connectivity index (χ1v) is 7.09. The summed E-state index contributed by atoms with van der Waals surface area (Å²) in [6.07, 6.45) is 4.51. The van der Waals surface area contributed by atoms with Crippen LogP contribution in [0.5, 0.6) is 0 Å². The number of hydrogen-bond donors (Lipinski definition) is 1. The molecule has 0 fully saturated rings. The molecule has 1 N–H and O–H groups in total. The summed E-state index contributed by atoms with van der Waals surface area (Å²) in [5.41, 5.74) is 2.87. The Bertz CT molecular complexity index is 340. The van der Waals surface area contributed by atoms with Gasteiger partial charge in [0, 0.05) is 23.4 Å². The molecule has 0 saturated heterocycles. The third kappa shape index (κ3) is 2.68. The van der Waals surface area contributed by atoms with Crippen molar-refractivity contribution in [3.8, 4) is 0 Å². The van der Waals surface area contributed by atoms with Gasteiger partial charge in [0.15, 0.2) is 0 Å². The first-order chi connectivity index (χ1) is 7.31. The van der Waals surface area contributed by atoms with Crippen molar-refractivity contribution in [2.75, 3.05) is 18.6 Å². The molecule has 2 rings (SSSR count). The minimum absolute atomic E-state index is 0.546. The quantitative estimate of drug-likeness (QED) is 0.812. The van der Waals surface area contributed by atoms with Gasteiger partial charge in [-0.2, -0.15) is 11.8 Å². The Morgan fingerprint density at radius 2 is 2.40 bits per heavy atom. The van der Waals surface area contributed by atoms with E-state index in [0.29, 0.717) is 6.04 Å². The van der Waals surface area contributed by atoms with Gasteiger partial charge < -0.3 is 5.32 Å². The molecule has 0 aliphatic heterocycles. The van der Waals surface area contributed by atoms with Gasteiger partial charge in [-0.3, -0.25) is 0 Å². The number of fused-ring (bicyclic) bond motifs is 1. The number of nitrogens with one attached hydrogen (secondary N) is 1. The zero-order valence-electron chi connectivity index (χ0n) is 8.92. The second-order valence-corrected chi connectivity index (χ2v) is 5.30. The van der Waals surface area contributed by atoms with E-state index in [1.807, 2.05) is 17.8 Å². The summed E-state index contributed by atoms with van der Waals surface area (Å²) < 4.78 is 0. The molecule has 0 spiro atoms. The fourth-order valence-electron chi connectivity index (χ4n) is 2.13. The summed E-state index contributed by atoms with van der Waals surface area (Å²) >= 11 is 7.86. The highest BCUT2D eigenvalue weighted by Gasteiger charge is 2.21. The molecule has 0 radical (unpaired) electrons. The van der Waals surface area contributed by atoms with Crippen LogP contribution >= 0.6 is 23.4 Å². The molecule has 1 aliphatic rings. The van der Waals surface area contributed by atoms with Crippen LogP contribution in [0.4, 0.5) is 0 Å². The molecule has 1 unspecified atom stereocenters. The summed E-state index contributed by atoms with van der Waals surface area (Å²) in [4.78, 5) is 0. The van der Waals surface area contributed by atoms with E-state index >= 15 is 0 Å². The van der Waals surface area contributed by atoms with Crippen LogP contribution in [0.2, 0.25) is 5.02 Å². The zero-order valence-corrected chi connectivity index (χ0v) is 10.5. The summed E-state index contributed by atoms with van der Waals surface area (Å²) in [6.45, 7) is 1.09. The molecule has 1 atom stereocenters. The topological polar surface area (TPSA) is 12.0 Å². The van der Waals surface area contributed by atoms with Crippen molar-refractivity contribution in [3.05, 3.63) is 34.3 Å². The molecular weight excluding hydrogens is 226 g/mol. The van der Waals surface area contributed by atoms with Crippen LogP contribution in [-0.4, -0.2) is 18.6 Å². The average Bonchev–Trinajstić information content (AvgIpc) is 2.61. The first kappa shape index (κ1) is 11.3. The maximum atomic E-state index is 5.97. The van der Waals surface area contributed by atoms with Crippen molar-refractivity contribution >= 4 is 23.4 Å². The van der Waals surface area contributed by atoms with E-state index in [2.05, 4.69) is 23.7 Å². The first-order valence-electron chi connectivity index (χ1n) is 5.32. The summed E-state index contributed by atoms with van der Waals surface area (Å²) in [7, 11) is 0. The fourth-order valence-corrected chi connectivity index (χ4v) is 2.65. The third-order valence-corrected chi connectivity index (χ3v) is 3.73. The molecule has 1 aromatic carbocycles. The minimum Gasteiger partial charge on any atom is -0.309 e. The van der Waals surface area contributed by atoms with Crippen molar-refractivity contribution in [1.82, 2.24) is 5.32 Å². The molecule has 0 aromatic heterocycles. The Labute approximate surface area is 101 Å². The van der Waals surface area contributed by atoms with Crippen LogP contribution in [-0.2, 0) is 6.42 Å². The zero-order chi connectivity index (χ0) is 10.7. The Hall–Kier alpha value is -0.180. The second-order valence-electron chi connectivity index (χ2n) is 3.88. The van der Waals surface area contributed by atoms with Gasteiger partial charge in [-0.1, -0.05) is 17.7 Å². The van der Waals surface area contributed by atoms with Gasteiger partial charge in [-0.25, -0.2) is 0 Å². The lowest BCUT2D eigenvalue weighted by molar-refractivity contribution is 0.552. The Kier molecular flexibility index (Phi) is 3.95. The summed E-state index contributed by atoms with van der Waals surface area (Å²) in [6, 6.07) is 6.81. The average molecular weight is 242 g/mol. The van der Waals surface area contributed by atoms with Crippen molar-refractivity contribution in [3.63, 3.8) is 0 Å². The van der Waals surface area contributed by atoms with Crippen LogP contribution in [0.15, 0.2) is 18.2 Å². The molecule has 0 bridgehead atoms. The molecule has 3 heteroatoms. The normalized spacial score (nSPS) is 19.2. The number of rotatable bonds is 4. The lowest BCUT2D eigenvalue weighted by Crippen LogP contribution is -2.21. The van der Waals surface area contributed by atoms with Crippen molar-refractivity contribution in [1.29, 1.82) is 0 Å². The molecule has 1 aliphatic carbocycles. The highest BCUT2D eigenvalue weighted by atomic mass is 35.5. The van der Waals surface area contributed by atoms with Gasteiger partial charge in [0.25, 0.3) is 0 Å². The maximum absolute atomic E-state index is 5.97. The highest BCUT2D eigenvalue weighted by molar-refractivity contribution is 7.98. The third-order valence-electron chi connectivity index (χ3n) is 2.88. The molecule has 82 valence electrons. The molecule has 0 saturated carbocycles. The van der Waals surface area contributed by atoms with Crippen LogP contribution in [0, 0.1) is 0 Å². The van der Waals surface area contributed by atoms with Gasteiger partial charge in [-0.05, 0) is 42.4 Å². The van der Waals surface area contributed by atoms with Crippen LogP contribution < -0.4 is 5.32 Å². The largest absolute Gasteiger partial charge is 0.309 e. The molecule has 15 heavy (non-hydrogen) atoms. The van der Waals surface area contributed by atoms with Crippen molar-refractivity contribution < 1.29 is 0 Å². The minimum atomic E-state index is 0.546. The SMILES string of the molecule is CSCCNC1CCc2cc(Cl)ccc21. The smallest absolute Gasteiger partial charge is 0.0408 e. The van der Waals surface area contributed by atoms with Crippen LogP contribution in [0.3, 0.4) is 0 Å². The number of thioether (sulfide) groups is 1. The number of halogens is 1. The Morgan fingerprint density at radius 3 is 3.20 bits per heavy atom. The summed E-state index contributed by atoms with van der Waals surface area (Å²) in [5.74, 6) is 1.18. The Balaban J connectivity index is 2.02. The maximum Gasteiger partial charge on any atom is 0.0408 e. The van der Waals surface area contributed by atoms with E-state index in [1.165, 1.54) is 23.3 Å². The van der Waals surface area contributed by atoms with E-state index in [0.717, 1.165) is 18.0 Å². The van der Waals surface area contributed by atoms with Gasteiger partial charge in [0.1, 0.15) is 0 Å². The highest BCUT2D eigenvalue weighted by Crippen LogP contribution is 2.32. The van der Waals surface area contributed by atoms with Crippen LogP contribution in [0.25, 0.3) is 0 Å². The lowest BCUT2D eigenvalue weighted by Gasteiger charge is -2.13. The molecule has 1 nitrogen and oxygen atoms in total. The Morgan fingerprint density at radius 1 is 1.53 bits per heavy atom. The van der Waals surface area contributed by atoms with Crippen molar-refractivity contribution in [2.45, 2.75) is 18.9 Å². The number of aryl methyl sites for hydroxylation is 1. The van der Waals surface area contributed by atoms with Gasteiger partial charge in [0.2, 0.25) is 0 Å². The van der Waals surface area contributed by atoms with E-state index in [1.54, 1.807) is 0 Å². The van der Waals surface area contributed by atoms with Gasteiger partial charge in [-0.15, -0.1) is 0 Å². The monoisotopic (exact) mass is 241 g/mol. The molecular formula is C12H16ClNS. The molecule has 0 heterocycles. The predicted molar refractivity (Wildman–Crippen MR) is 68.9 cm³/mol.